The lowest BCUT2D eigenvalue weighted by Crippen LogP contribution is -1.96. The summed E-state index contributed by atoms with van der Waals surface area (Å²) in [6.07, 6.45) is 1.45. The number of carbonyl (C=O) groups is 1. The summed E-state index contributed by atoms with van der Waals surface area (Å²) >= 11 is 0. The molecule has 0 unspecified atom stereocenters. The second-order valence-corrected chi connectivity index (χ2v) is 4.58. The highest BCUT2D eigenvalue weighted by atomic mass is 16.1. The van der Waals surface area contributed by atoms with Gasteiger partial charge in [-0.1, -0.05) is 29.8 Å². The van der Waals surface area contributed by atoms with Crippen molar-refractivity contribution in [2.45, 2.75) is 19.8 Å². The largest absolute Gasteiger partial charge is 0.294 e. The van der Waals surface area contributed by atoms with Gasteiger partial charge in [0, 0.05) is 24.7 Å². The van der Waals surface area contributed by atoms with Crippen LogP contribution in [0.15, 0.2) is 24.3 Å². The summed E-state index contributed by atoms with van der Waals surface area (Å²) in [5.41, 5.74) is 4.99. The van der Waals surface area contributed by atoms with Crippen LogP contribution in [-0.2, 0) is 13.5 Å². The Morgan fingerprint density at radius 3 is 2.59 bits per heavy atom. The average molecular weight is 226 g/mol. The summed E-state index contributed by atoms with van der Waals surface area (Å²) in [5, 5.41) is 4.48. The Balaban J connectivity index is 2.19. The van der Waals surface area contributed by atoms with Crippen LogP contribution in [0.1, 0.15) is 28.0 Å². The predicted molar refractivity (Wildman–Crippen MR) is 66.0 cm³/mol. The SMILES string of the molecule is Cc1ccc(-c2nn(C)c3c2C(=O)CC3)cc1. The quantitative estimate of drug-likeness (QED) is 0.749. The first-order valence-electron chi connectivity index (χ1n) is 5.83. The van der Waals surface area contributed by atoms with Crippen molar-refractivity contribution in [1.29, 1.82) is 0 Å². The normalized spacial score (nSPS) is 14.1. The van der Waals surface area contributed by atoms with Crippen LogP contribution in [-0.4, -0.2) is 15.6 Å². The van der Waals surface area contributed by atoms with Gasteiger partial charge in [0.05, 0.1) is 5.56 Å². The van der Waals surface area contributed by atoms with Crippen LogP contribution in [0.4, 0.5) is 0 Å². The molecule has 0 N–H and O–H groups in total. The first-order valence-corrected chi connectivity index (χ1v) is 5.83. The summed E-state index contributed by atoms with van der Waals surface area (Å²) in [6, 6.07) is 8.17. The highest BCUT2D eigenvalue weighted by Crippen LogP contribution is 2.31. The molecule has 1 aromatic heterocycles. The summed E-state index contributed by atoms with van der Waals surface area (Å²) in [5.74, 6) is 0.226. The second kappa shape index (κ2) is 3.55. The Bertz CT molecular complexity index is 593. The summed E-state index contributed by atoms with van der Waals surface area (Å²) in [6.45, 7) is 2.05. The van der Waals surface area contributed by atoms with Crippen LogP contribution < -0.4 is 0 Å². The Labute approximate surface area is 100 Å². The molecule has 1 aliphatic rings. The van der Waals surface area contributed by atoms with E-state index >= 15 is 0 Å². The lowest BCUT2D eigenvalue weighted by Gasteiger charge is -2.00. The van der Waals surface area contributed by atoms with Crippen molar-refractivity contribution in [3.63, 3.8) is 0 Å². The predicted octanol–water partition coefficient (Wildman–Crippen LogP) is 2.52. The Kier molecular flexibility index (Phi) is 2.15. The number of aromatic nitrogens is 2. The molecule has 17 heavy (non-hydrogen) atoms. The smallest absolute Gasteiger partial charge is 0.167 e. The zero-order chi connectivity index (χ0) is 12.0. The molecule has 0 radical (unpaired) electrons. The van der Waals surface area contributed by atoms with Crippen LogP contribution in [0.2, 0.25) is 0 Å². The zero-order valence-electron chi connectivity index (χ0n) is 10.0. The zero-order valence-corrected chi connectivity index (χ0v) is 10.0. The second-order valence-electron chi connectivity index (χ2n) is 4.58. The number of hydrogen-bond acceptors (Lipinski definition) is 2. The van der Waals surface area contributed by atoms with E-state index in [1.807, 2.05) is 23.9 Å². The number of fused-ring (bicyclic) bond motifs is 1. The Morgan fingerprint density at radius 1 is 1.18 bits per heavy atom. The van der Waals surface area contributed by atoms with E-state index in [2.05, 4.69) is 24.2 Å². The topological polar surface area (TPSA) is 34.9 Å². The van der Waals surface area contributed by atoms with Gasteiger partial charge in [0.15, 0.2) is 5.78 Å². The minimum absolute atomic E-state index is 0.226. The van der Waals surface area contributed by atoms with Gasteiger partial charge in [0.2, 0.25) is 0 Å². The van der Waals surface area contributed by atoms with Gasteiger partial charge in [-0.05, 0) is 13.3 Å². The molecule has 1 heterocycles. The molecule has 0 spiro atoms. The summed E-state index contributed by atoms with van der Waals surface area (Å²) in [4.78, 5) is 11.9. The monoisotopic (exact) mass is 226 g/mol. The number of carbonyl (C=O) groups excluding carboxylic acids is 1. The van der Waals surface area contributed by atoms with Gasteiger partial charge in [0.25, 0.3) is 0 Å². The van der Waals surface area contributed by atoms with Crippen molar-refractivity contribution in [3.05, 3.63) is 41.1 Å². The van der Waals surface area contributed by atoms with Gasteiger partial charge >= 0.3 is 0 Å². The molecular formula is C14H14N2O. The lowest BCUT2D eigenvalue weighted by atomic mass is 10.0. The van der Waals surface area contributed by atoms with E-state index in [0.29, 0.717) is 6.42 Å². The molecule has 0 saturated carbocycles. The van der Waals surface area contributed by atoms with E-state index < -0.39 is 0 Å². The van der Waals surface area contributed by atoms with Crippen molar-refractivity contribution in [2.24, 2.45) is 7.05 Å². The number of ketones is 1. The minimum Gasteiger partial charge on any atom is -0.294 e. The van der Waals surface area contributed by atoms with Crippen molar-refractivity contribution in [1.82, 2.24) is 9.78 Å². The molecule has 0 amide bonds. The minimum atomic E-state index is 0.226. The maximum atomic E-state index is 11.9. The van der Waals surface area contributed by atoms with Gasteiger partial charge in [0.1, 0.15) is 5.69 Å². The third-order valence-electron chi connectivity index (χ3n) is 3.36. The molecule has 86 valence electrons. The van der Waals surface area contributed by atoms with E-state index in [4.69, 9.17) is 0 Å². The van der Waals surface area contributed by atoms with Gasteiger partial charge in [-0.15, -0.1) is 0 Å². The van der Waals surface area contributed by atoms with Crippen molar-refractivity contribution < 1.29 is 4.79 Å². The maximum Gasteiger partial charge on any atom is 0.167 e. The fourth-order valence-corrected chi connectivity index (χ4v) is 2.41. The molecule has 1 aliphatic carbocycles. The Morgan fingerprint density at radius 2 is 1.88 bits per heavy atom. The van der Waals surface area contributed by atoms with Crippen molar-refractivity contribution in [2.75, 3.05) is 0 Å². The van der Waals surface area contributed by atoms with Crippen molar-refractivity contribution in [3.8, 4) is 11.3 Å². The number of aryl methyl sites for hydroxylation is 2. The third kappa shape index (κ3) is 1.50. The fraction of sp³-hybridized carbons (Fsp3) is 0.286. The molecule has 0 fully saturated rings. The molecule has 0 aliphatic heterocycles. The van der Waals surface area contributed by atoms with Gasteiger partial charge in [-0.25, -0.2) is 0 Å². The summed E-state index contributed by atoms with van der Waals surface area (Å²) in [7, 11) is 1.91. The number of nitrogens with zero attached hydrogens (tertiary/aromatic N) is 2. The van der Waals surface area contributed by atoms with E-state index in [-0.39, 0.29) is 5.78 Å². The van der Waals surface area contributed by atoms with Crippen LogP contribution in [0, 0.1) is 6.92 Å². The first-order chi connectivity index (χ1) is 8.16. The molecule has 0 saturated heterocycles. The van der Waals surface area contributed by atoms with Crippen LogP contribution in [0.25, 0.3) is 11.3 Å². The number of rotatable bonds is 1. The Hall–Kier alpha value is -1.90. The van der Waals surface area contributed by atoms with E-state index in [1.165, 1.54) is 5.56 Å². The van der Waals surface area contributed by atoms with Crippen LogP contribution >= 0.6 is 0 Å². The third-order valence-corrected chi connectivity index (χ3v) is 3.36. The van der Waals surface area contributed by atoms with E-state index in [1.54, 1.807) is 0 Å². The molecule has 1 aromatic carbocycles. The highest BCUT2D eigenvalue weighted by Gasteiger charge is 2.28. The molecule has 3 nitrogen and oxygen atoms in total. The standard InChI is InChI=1S/C14H14N2O/c1-9-3-5-10(6-4-9)14-13-11(16(2)15-14)7-8-12(13)17/h3-6H,7-8H2,1-2H3. The van der Waals surface area contributed by atoms with E-state index in [9.17, 15) is 4.79 Å². The summed E-state index contributed by atoms with van der Waals surface area (Å²) < 4.78 is 1.84. The molecule has 3 rings (SSSR count). The van der Waals surface area contributed by atoms with Gasteiger partial charge in [-0.2, -0.15) is 5.10 Å². The van der Waals surface area contributed by atoms with E-state index in [0.717, 1.165) is 28.9 Å². The molecule has 3 heteroatoms. The molecule has 0 bridgehead atoms. The molecular weight excluding hydrogens is 212 g/mol. The molecule has 2 aromatic rings. The van der Waals surface area contributed by atoms with Gasteiger partial charge in [-0.3, -0.25) is 9.48 Å². The molecule has 0 atom stereocenters. The fourth-order valence-electron chi connectivity index (χ4n) is 2.41. The van der Waals surface area contributed by atoms with Gasteiger partial charge < -0.3 is 0 Å². The number of Topliss-reactive ketones (excluding diaryl/α,β-unsaturated/α-hetero) is 1. The maximum absolute atomic E-state index is 11.9. The highest BCUT2D eigenvalue weighted by molar-refractivity contribution is 6.05. The number of hydrogen-bond donors (Lipinski definition) is 0. The van der Waals surface area contributed by atoms with Crippen molar-refractivity contribution >= 4 is 5.78 Å². The average Bonchev–Trinajstić information content (AvgIpc) is 2.83. The first kappa shape index (κ1) is 10.3. The van der Waals surface area contributed by atoms with Crippen LogP contribution in [0.5, 0.6) is 0 Å². The lowest BCUT2D eigenvalue weighted by molar-refractivity contribution is 0.0995. The number of benzene rings is 1. The van der Waals surface area contributed by atoms with Crippen LogP contribution in [0.3, 0.4) is 0 Å².